The summed E-state index contributed by atoms with van der Waals surface area (Å²) in [5.74, 6) is -0.986. The maximum absolute atomic E-state index is 12.4. The first-order valence-electron chi connectivity index (χ1n) is 10.1. The highest BCUT2D eigenvalue weighted by Crippen LogP contribution is 2.32. The van der Waals surface area contributed by atoms with Gasteiger partial charge in [-0.2, -0.15) is 0 Å². The van der Waals surface area contributed by atoms with Crippen LogP contribution in [0.3, 0.4) is 0 Å². The van der Waals surface area contributed by atoms with Crippen molar-refractivity contribution in [1.29, 1.82) is 0 Å². The van der Waals surface area contributed by atoms with E-state index in [2.05, 4.69) is 38.3 Å². The van der Waals surface area contributed by atoms with Crippen LogP contribution in [0, 0.1) is 6.92 Å². The van der Waals surface area contributed by atoms with Gasteiger partial charge in [0, 0.05) is 11.3 Å². The molecular weight excluding hydrogens is 380 g/mol. The molecule has 0 aliphatic heterocycles. The summed E-state index contributed by atoms with van der Waals surface area (Å²) < 4.78 is 5.02. The molecule has 0 atom stereocenters. The zero-order valence-corrected chi connectivity index (χ0v) is 18.2. The summed E-state index contributed by atoms with van der Waals surface area (Å²) in [4.78, 5) is 36.4. The Morgan fingerprint density at radius 1 is 0.933 bits per heavy atom. The van der Waals surface area contributed by atoms with Gasteiger partial charge in [-0.3, -0.25) is 14.4 Å². The third-order valence-electron chi connectivity index (χ3n) is 4.68. The number of carbonyl (C=O) groups excluding carboxylic acids is 3. The number of para-hydroxylation sites is 1. The number of anilines is 1. The lowest BCUT2D eigenvalue weighted by Gasteiger charge is -2.20. The molecule has 2 rings (SSSR count). The van der Waals surface area contributed by atoms with Crippen LogP contribution in [0.2, 0.25) is 0 Å². The van der Waals surface area contributed by atoms with Crippen molar-refractivity contribution in [2.75, 3.05) is 18.5 Å². The number of hydrogen-bond acceptors (Lipinski definition) is 4. The van der Waals surface area contributed by atoms with Crippen molar-refractivity contribution in [2.24, 2.45) is 0 Å². The summed E-state index contributed by atoms with van der Waals surface area (Å²) in [5, 5.41) is 5.39. The van der Waals surface area contributed by atoms with Gasteiger partial charge in [-0.25, -0.2) is 0 Å². The SMILES string of the molecule is Cc1cccc(C(=O)NCC(=O)OCC(=O)Nc2c(C(C)C)cccc2C(C)C)c1. The van der Waals surface area contributed by atoms with Crippen LogP contribution in [-0.2, 0) is 14.3 Å². The van der Waals surface area contributed by atoms with Crippen LogP contribution in [0.4, 0.5) is 5.69 Å². The lowest BCUT2D eigenvalue weighted by Crippen LogP contribution is -2.32. The van der Waals surface area contributed by atoms with Crippen molar-refractivity contribution in [3.8, 4) is 0 Å². The van der Waals surface area contributed by atoms with Crippen LogP contribution in [0.25, 0.3) is 0 Å². The summed E-state index contributed by atoms with van der Waals surface area (Å²) in [5.41, 5.74) is 4.25. The van der Waals surface area contributed by atoms with Gasteiger partial charge in [-0.15, -0.1) is 0 Å². The number of aryl methyl sites for hydroxylation is 1. The maximum Gasteiger partial charge on any atom is 0.325 e. The van der Waals surface area contributed by atoms with Gasteiger partial charge in [0.1, 0.15) is 6.54 Å². The van der Waals surface area contributed by atoms with E-state index >= 15 is 0 Å². The van der Waals surface area contributed by atoms with Crippen LogP contribution in [0.1, 0.15) is 66.6 Å². The van der Waals surface area contributed by atoms with Gasteiger partial charge in [-0.1, -0.05) is 63.6 Å². The van der Waals surface area contributed by atoms with Crippen LogP contribution >= 0.6 is 0 Å². The molecule has 0 saturated heterocycles. The van der Waals surface area contributed by atoms with Gasteiger partial charge < -0.3 is 15.4 Å². The highest BCUT2D eigenvalue weighted by molar-refractivity contribution is 5.97. The second kappa shape index (κ2) is 10.6. The van der Waals surface area contributed by atoms with Crippen molar-refractivity contribution in [3.05, 3.63) is 64.7 Å². The van der Waals surface area contributed by atoms with Gasteiger partial charge in [-0.05, 0) is 42.0 Å². The predicted octanol–water partition coefficient (Wildman–Crippen LogP) is 4.15. The summed E-state index contributed by atoms with van der Waals surface area (Å²) in [6.45, 7) is 9.41. The third kappa shape index (κ3) is 6.44. The monoisotopic (exact) mass is 410 g/mol. The van der Waals surface area contributed by atoms with E-state index in [4.69, 9.17) is 4.74 Å². The van der Waals surface area contributed by atoms with E-state index < -0.39 is 18.5 Å². The minimum atomic E-state index is -0.674. The van der Waals surface area contributed by atoms with Crippen LogP contribution < -0.4 is 10.6 Å². The molecule has 0 saturated carbocycles. The van der Waals surface area contributed by atoms with Crippen molar-refractivity contribution >= 4 is 23.5 Å². The summed E-state index contributed by atoms with van der Waals surface area (Å²) in [6.07, 6.45) is 0. The average Bonchev–Trinajstić information content (AvgIpc) is 2.70. The Bertz CT molecular complexity index is 893. The zero-order chi connectivity index (χ0) is 22.3. The minimum Gasteiger partial charge on any atom is -0.454 e. The molecule has 2 aromatic rings. The molecule has 6 nitrogen and oxygen atoms in total. The number of carbonyl (C=O) groups is 3. The van der Waals surface area contributed by atoms with Crippen molar-refractivity contribution in [2.45, 2.75) is 46.5 Å². The molecule has 160 valence electrons. The first-order valence-corrected chi connectivity index (χ1v) is 10.1. The van der Waals surface area contributed by atoms with E-state index in [0.29, 0.717) is 5.56 Å². The van der Waals surface area contributed by atoms with E-state index in [1.165, 1.54) is 0 Å². The first-order chi connectivity index (χ1) is 14.2. The van der Waals surface area contributed by atoms with Crippen LogP contribution in [0.5, 0.6) is 0 Å². The lowest BCUT2D eigenvalue weighted by molar-refractivity contribution is -0.146. The molecule has 0 heterocycles. The number of hydrogen-bond donors (Lipinski definition) is 2. The van der Waals surface area contributed by atoms with Gasteiger partial charge in [0.2, 0.25) is 0 Å². The Morgan fingerprint density at radius 2 is 1.53 bits per heavy atom. The molecule has 0 bridgehead atoms. The molecule has 2 N–H and O–H groups in total. The fraction of sp³-hybridized carbons (Fsp3) is 0.375. The van der Waals surface area contributed by atoms with Crippen LogP contribution in [0.15, 0.2) is 42.5 Å². The predicted molar refractivity (Wildman–Crippen MR) is 118 cm³/mol. The van der Waals surface area contributed by atoms with Crippen LogP contribution in [-0.4, -0.2) is 30.9 Å². The second-order valence-electron chi connectivity index (χ2n) is 7.88. The Hall–Kier alpha value is -3.15. The molecule has 30 heavy (non-hydrogen) atoms. The van der Waals surface area contributed by atoms with Crippen molar-refractivity contribution < 1.29 is 19.1 Å². The molecule has 0 fully saturated rings. The minimum absolute atomic E-state index is 0.235. The molecule has 0 spiro atoms. The number of amides is 2. The fourth-order valence-corrected chi connectivity index (χ4v) is 3.11. The highest BCUT2D eigenvalue weighted by Gasteiger charge is 2.17. The number of rotatable bonds is 8. The second-order valence-corrected chi connectivity index (χ2v) is 7.88. The smallest absolute Gasteiger partial charge is 0.325 e. The highest BCUT2D eigenvalue weighted by atomic mass is 16.5. The molecule has 0 radical (unpaired) electrons. The fourth-order valence-electron chi connectivity index (χ4n) is 3.11. The summed E-state index contributed by atoms with van der Waals surface area (Å²) >= 11 is 0. The Labute approximate surface area is 178 Å². The van der Waals surface area contributed by atoms with E-state index in [1.807, 2.05) is 31.2 Å². The van der Waals surface area contributed by atoms with Gasteiger partial charge in [0.15, 0.2) is 6.61 Å². The number of esters is 1. The normalized spacial score (nSPS) is 10.8. The summed E-state index contributed by atoms with van der Waals surface area (Å²) in [6, 6.07) is 13.0. The molecule has 6 heteroatoms. The number of ether oxygens (including phenoxy) is 1. The molecule has 0 aliphatic rings. The molecule has 2 aromatic carbocycles. The van der Waals surface area contributed by atoms with Crippen molar-refractivity contribution in [3.63, 3.8) is 0 Å². The van der Waals surface area contributed by atoms with E-state index in [0.717, 1.165) is 22.4 Å². The Kier molecular flexibility index (Phi) is 8.16. The quantitative estimate of drug-likeness (QED) is 0.640. The lowest BCUT2D eigenvalue weighted by atomic mass is 9.92. The summed E-state index contributed by atoms with van der Waals surface area (Å²) in [7, 11) is 0. The van der Waals surface area contributed by atoms with E-state index in [-0.39, 0.29) is 24.3 Å². The maximum atomic E-state index is 12.4. The van der Waals surface area contributed by atoms with Crippen molar-refractivity contribution in [1.82, 2.24) is 5.32 Å². The van der Waals surface area contributed by atoms with Gasteiger partial charge in [0.25, 0.3) is 11.8 Å². The molecule has 0 aliphatic carbocycles. The van der Waals surface area contributed by atoms with Gasteiger partial charge in [0.05, 0.1) is 0 Å². The Balaban J connectivity index is 1.90. The number of nitrogens with one attached hydrogen (secondary N) is 2. The molecular formula is C24H30N2O4. The average molecular weight is 411 g/mol. The van der Waals surface area contributed by atoms with E-state index in [1.54, 1.807) is 18.2 Å². The van der Waals surface area contributed by atoms with Gasteiger partial charge >= 0.3 is 5.97 Å². The molecule has 0 aromatic heterocycles. The third-order valence-corrected chi connectivity index (χ3v) is 4.68. The molecule has 0 unspecified atom stereocenters. The zero-order valence-electron chi connectivity index (χ0n) is 18.2. The number of benzene rings is 2. The Morgan fingerprint density at radius 3 is 2.10 bits per heavy atom. The first kappa shape index (κ1) is 23.1. The standard InChI is InChI=1S/C24H30N2O4/c1-15(2)19-10-7-11-20(16(3)4)23(19)26-21(27)14-30-22(28)13-25-24(29)18-9-6-8-17(5)12-18/h6-12,15-16H,13-14H2,1-5H3,(H,25,29)(H,26,27). The molecule has 2 amide bonds. The topological polar surface area (TPSA) is 84.5 Å². The largest absolute Gasteiger partial charge is 0.454 e. The van der Waals surface area contributed by atoms with E-state index in [9.17, 15) is 14.4 Å².